The minimum atomic E-state index is -0.420. The molecule has 0 spiro atoms. The molecule has 1 saturated carbocycles. The first-order valence-corrected chi connectivity index (χ1v) is 4.77. The minimum Gasteiger partial charge on any atom is -0.390 e. The highest BCUT2D eigenvalue weighted by molar-refractivity contribution is 4.87. The lowest BCUT2D eigenvalue weighted by Gasteiger charge is -2.33. The summed E-state index contributed by atoms with van der Waals surface area (Å²) in [5, 5.41) is 10.1. The van der Waals surface area contributed by atoms with E-state index in [4.69, 9.17) is 0 Å². The van der Waals surface area contributed by atoms with Gasteiger partial charge in [0.2, 0.25) is 0 Å². The topological polar surface area (TPSA) is 20.2 Å². The van der Waals surface area contributed by atoms with Crippen molar-refractivity contribution in [3.05, 3.63) is 0 Å². The second kappa shape index (κ2) is 3.14. The van der Waals surface area contributed by atoms with Gasteiger partial charge in [-0.05, 0) is 31.6 Å². The molecule has 0 aromatic carbocycles. The van der Waals surface area contributed by atoms with Gasteiger partial charge in [0.1, 0.15) is 0 Å². The van der Waals surface area contributed by atoms with E-state index in [1.54, 1.807) is 0 Å². The Balaban J connectivity index is 2.55. The Bertz CT molecular complexity index is 121. The van der Waals surface area contributed by atoms with E-state index in [-0.39, 0.29) is 0 Å². The molecule has 0 heterocycles. The Hall–Kier alpha value is -0.0400. The van der Waals surface area contributed by atoms with Crippen molar-refractivity contribution < 1.29 is 5.11 Å². The SMILES string of the molecule is CC(C)C(C)(O)C1CCCC1. The number of aliphatic hydroxyl groups is 1. The van der Waals surface area contributed by atoms with Crippen molar-refractivity contribution in [2.24, 2.45) is 11.8 Å². The molecular weight excluding hydrogens is 136 g/mol. The van der Waals surface area contributed by atoms with Gasteiger partial charge in [-0.1, -0.05) is 26.7 Å². The molecule has 1 heteroatoms. The zero-order chi connectivity index (χ0) is 8.48. The molecule has 1 N–H and O–H groups in total. The van der Waals surface area contributed by atoms with E-state index in [2.05, 4.69) is 13.8 Å². The average molecular weight is 156 g/mol. The van der Waals surface area contributed by atoms with E-state index in [9.17, 15) is 5.11 Å². The van der Waals surface area contributed by atoms with Gasteiger partial charge < -0.3 is 5.11 Å². The Morgan fingerprint density at radius 3 is 2.09 bits per heavy atom. The molecule has 0 aliphatic heterocycles. The summed E-state index contributed by atoms with van der Waals surface area (Å²) in [6, 6.07) is 0. The van der Waals surface area contributed by atoms with Crippen molar-refractivity contribution in [3.63, 3.8) is 0 Å². The second-order valence-electron chi connectivity index (χ2n) is 4.36. The summed E-state index contributed by atoms with van der Waals surface area (Å²) in [4.78, 5) is 0. The van der Waals surface area contributed by atoms with Gasteiger partial charge in [-0.25, -0.2) is 0 Å². The maximum Gasteiger partial charge on any atom is 0.0670 e. The summed E-state index contributed by atoms with van der Waals surface area (Å²) in [6.07, 6.45) is 5.08. The molecule has 66 valence electrons. The monoisotopic (exact) mass is 156 g/mol. The van der Waals surface area contributed by atoms with Crippen LogP contribution in [0.15, 0.2) is 0 Å². The van der Waals surface area contributed by atoms with Gasteiger partial charge in [0.05, 0.1) is 5.60 Å². The summed E-state index contributed by atoms with van der Waals surface area (Å²) in [5.74, 6) is 0.952. The lowest BCUT2D eigenvalue weighted by molar-refractivity contribution is -0.0395. The van der Waals surface area contributed by atoms with Gasteiger partial charge in [-0.15, -0.1) is 0 Å². The quantitative estimate of drug-likeness (QED) is 0.651. The normalized spacial score (nSPS) is 25.9. The predicted molar refractivity (Wildman–Crippen MR) is 47.4 cm³/mol. The number of hydrogen-bond donors (Lipinski definition) is 1. The first-order valence-electron chi connectivity index (χ1n) is 4.77. The zero-order valence-electron chi connectivity index (χ0n) is 7.93. The average Bonchev–Trinajstić information content (AvgIpc) is 2.37. The third-order valence-electron chi connectivity index (χ3n) is 3.35. The molecule has 0 bridgehead atoms. The molecule has 1 atom stereocenters. The molecule has 1 fully saturated rings. The Kier molecular flexibility index (Phi) is 2.58. The van der Waals surface area contributed by atoms with Crippen LogP contribution in [0.5, 0.6) is 0 Å². The van der Waals surface area contributed by atoms with Crippen LogP contribution in [0.3, 0.4) is 0 Å². The molecule has 0 saturated heterocycles. The largest absolute Gasteiger partial charge is 0.390 e. The van der Waals surface area contributed by atoms with Crippen LogP contribution in [0, 0.1) is 11.8 Å². The molecule has 1 unspecified atom stereocenters. The summed E-state index contributed by atoms with van der Waals surface area (Å²) in [6.45, 7) is 6.21. The molecule has 1 nitrogen and oxygen atoms in total. The molecule has 0 aromatic heterocycles. The molecular formula is C10H20O. The van der Waals surface area contributed by atoms with Gasteiger partial charge in [0, 0.05) is 0 Å². The summed E-state index contributed by atoms with van der Waals surface area (Å²) >= 11 is 0. The van der Waals surface area contributed by atoms with E-state index in [1.165, 1.54) is 25.7 Å². The summed E-state index contributed by atoms with van der Waals surface area (Å²) in [5.41, 5.74) is -0.420. The standard InChI is InChI=1S/C10H20O/c1-8(2)10(3,11)9-6-4-5-7-9/h8-9,11H,4-7H2,1-3H3. The molecule has 0 amide bonds. The van der Waals surface area contributed by atoms with E-state index in [1.807, 2.05) is 6.92 Å². The van der Waals surface area contributed by atoms with E-state index >= 15 is 0 Å². The molecule has 0 radical (unpaired) electrons. The Morgan fingerprint density at radius 1 is 1.27 bits per heavy atom. The van der Waals surface area contributed by atoms with Gasteiger partial charge in [-0.3, -0.25) is 0 Å². The maximum absolute atomic E-state index is 10.1. The van der Waals surface area contributed by atoms with Gasteiger partial charge >= 0.3 is 0 Å². The summed E-state index contributed by atoms with van der Waals surface area (Å²) < 4.78 is 0. The maximum atomic E-state index is 10.1. The van der Waals surface area contributed by atoms with Crippen LogP contribution in [-0.2, 0) is 0 Å². The van der Waals surface area contributed by atoms with Crippen LogP contribution >= 0.6 is 0 Å². The Morgan fingerprint density at radius 2 is 1.73 bits per heavy atom. The van der Waals surface area contributed by atoms with Crippen LogP contribution in [0.2, 0.25) is 0 Å². The molecule has 1 aliphatic carbocycles. The van der Waals surface area contributed by atoms with Gasteiger partial charge in [0.15, 0.2) is 0 Å². The van der Waals surface area contributed by atoms with Gasteiger partial charge in [-0.2, -0.15) is 0 Å². The number of rotatable bonds is 2. The highest BCUT2D eigenvalue weighted by Gasteiger charge is 2.36. The van der Waals surface area contributed by atoms with Crippen LogP contribution in [0.1, 0.15) is 46.5 Å². The highest BCUT2D eigenvalue weighted by Crippen LogP contribution is 2.37. The van der Waals surface area contributed by atoms with E-state index in [0.717, 1.165) is 0 Å². The zero-order valence-corrected chi connectivity index (χ0v) is 7.93. The molecule has 1 aliphatic rings. The smallest absolute Gasteiger partial charge is 0.0670 e. The second-order valence-corrected chi connectivity index (χ2v) is 4.36. The fourth-order valence-corrected chi connectivity index (χ4v) is 1.98. The van der Waals surface area contributed by atoms with Crippen LogP contribution in [0.4, 0.5) is 0 Å². The molecule has 0 aromatic rings. The van der Waals surface area contributed by atoms with E-state index in [0.29, 0.717) is 11.8 Å². The first-order chi connectivity index (χ1) is 5.05. The van der Waals surface area contributed by atoms with Crippen molar-refractivity contribution in [2.75, 3.05) is 0 Å². The molecule has 1 rings (SSSR count). The van der Waals surface area contributed by atoms with Crippen LogP contribution in [-0.4, -0.2) is 10.7 Å². The van der Waals surface area contributed by atoms with Crippen molar-refractivity contribution in [3.8, 4) is 0 Å². The third kappa shape index (κ3) is 1.76. The lowest BCUT2D eigenvalue weighted by atomic mass is 9.79. The first kappa shape index (κ1) is 9.05. The minimum absolute atomic E-state index is 0.394. The number of hydrogen-bond acceptors (Lipinski definition) is 1. The fraction of sp³-hybridized carbons (Fsp3) is 1.00. The predicted octanol–water partition coefficient (Wildman–Crippen LogP) is 2.58. The van der Waals surface area contributed by atoms with E-state index < -0.39 is 5.60 Å². The molecule has 11 heavy (non-hydrogen) atoms. The van der Waals surface area contributed by atoms with Crippen molar-refractivity contribution in [1.82, 2.24) is 0 Å². The van der Waals surface area contributed by atoms with Crippen molar-refractivity contribution in [1.29, 1.82) is 0 Å². The fourth-order valence-electron chi connectivity index (χ4n) is 1.98. The third-order valence-corrected chi connectivity index (χ3v) is 3.35. The lowest BCUT2D eigenvalue weighted by Crippen LogP contribution is -2.38. The van der Waals surface area contributed by atoms with Crippen molar-refractivity contribution >= 4 is 0 Å². The van der Waals surface area contributed by atoms with Crippen LogP contribution < -0.4 is 0 Å². The summed E-state index contributed by atoms with van der Waals surface area (Å²) in [7, 11) is 0. The Labute approximate surface area is 69.8 Å². The van der Waals surface area contributed by atoms with Crippen molar-refractivity contribution in [2.45, 2.75) is 52.1 Å². The highest BCUT2D eigenvalue weighted by atomic mass is 16.3. The van der Waals surface area contributed by atoms with Gasteiger partial charge in [0.25, 0.3) is 0 Å². The van der Waals surface area contributed by atoms with Crippen LogP contribution in [0.25, 0.3) is 0 Å².